The maximum absolute atomic E-state index is 12.4. The van der Waals surface area contributed by atoms with E-state index in [1.807, 2.05) is 36.4 Å². The number of benzene rings is 3. The Labute approximate surface area is 137 Å². The minimum atomic E-state index is -1.02. The Bertz CT molecular complexity index is 1140. The van der Waals surface area contributed by atoms with Crippen molar-refractivity contribution in [2.75, 3.05) is 0 Å². The van der Waals surface area contributed by atoms with Crippen molar-refractivity contribution in [1.82, 2.24) is 4.98 Å². The second-order valence-corrected chi connectivity index (χ2v) is 5.61. The van der Waals surface area contributed by atoms with E-state index < -0.39 is 5.97 Å². The summed E-state index contributed by atoms with van der Waals surface area (Å²) in [5.41, 5.74) is 2.12. The topological polar surface area (TPSA) is 70.2 Å². The van der Waals surface area contributed by atoms with E-state index in [-0.39, 0.29) is 11.0 Å². The zero-order chi connectivity index (χ0) is 16.7. The molecular formula is C20H13NO3. The quantitative estimate of drug-likeness (QED) is 0.548. The summed E-state index contributed by atoms with van der Waals surface area (Å²) in [5, 5.41) is 11.4. The van der Waals surface area contributed by atoms with E-state index in [1.165, 1.54) is 6.07 Å². The molecule has 4 rings (SSSR count). The van der Waals surface area contributed by atoms with Crippen LogP contribution in [0.1, 0.15) is 10.4 Å². The van der Waals surface area contributed by atoms with E-state index in [1.54, 1.807) is 24.3 Å². The third kappa shape index (κ3) is 2.16. The molecule has 0 amide bonds. The highest BCUT2D eigenvalue weighted by Gasteiger charge is 2.14. The Morgan fingerprint density at radius 1 is 0.917 bits per heavy atom. The van der Waals surface area contributed by atoms with Crippen LogP contribution in [-0.4, -0.2) is 16.1 Å². The molecule has 0 atom stereocenters. The second-order valence-electron chi connectivity index (χ2n) is 5.61. The summed E-state index contributed by atoms with van der Waals surface area (Å²) in [7, 11) is 0. The lowest BCUT2D eigenvalue weighted by Crippen LogP contribution is -2.04. The number of aromatic amines is 1. The zero-order valence-corrected chi connectivity index (χ0v) is 12.6. The molecule has 4 aromatic rings. The van der Waals surface area contributed by atoms with E-state index in [2.05, 4.69) is 4.98 Å². The molecule has 0 aliphatic rings. The van der Waals surface area contributed by atoms with Crippen LogP contribution in [0.3, 0.4) is 0 Å². The molecule has 0 saturated carbocycles. The van der Waals surface area contributed by atoms with Crippen LogP contribution in [0, 0.1) is 0 Å². The Kier molecular flexibility index (Phi) is 3.17. The number of hydrogen-bond donors (Lipinski definition) is 2. The average Bonchev–Trinajstić information content (AvgIpc) is 2.61. The summed E-state index contributed by atoms with van der Waals surface area (Å²) in [6, 6.07) is 19.6. The van der Waals surface area contributed by atoms with Crippen LogP contribution in [0.2, 0.25) is 0 Å². The highest BCUT2D eigenvalue weighted by Crippen LogP contribution is 2.28. The van der Waals surface area contributed by atoms with Crippen molar-refractivity contribution in [1.29, 1.82) is 0 Å². The third-order valence-electron chi connectivity index (χ3n) is 4.16. The molecule has 0 radical (unpaired) electrons. The molecule has 2 N–H and O–H groups in total. The lowest BCUT2D eigenvalue weighted by atomic mass is 10.00. The van der Waals surface area contributed by atoms with Crippen LogP contribution in [0.15, 0.2) is 71.5 Å². The van der Waals surface area contributed by atoms with E-state index in [4.69, 9.17) is 0 Å². The lowest BCUT2D eigenvalue weighted by molar-refractivity contribution is 0.0699. The Morgan fingerprint density at radius 2 is 1.71 bits per heavy atom. The molecule has 1 aromatic heterocycles. The number of nitrogens with one attached hydrogen (secondary N) is 1. The Hall–Kier alpha value is -3.40. The van der Waals surface area contributed by atoms with Crippen LogP contribution in [-0.2, 0) is 0 Å². The van der Waals surface area contributed by atoms with Crippen LogP contribution < -0.4 is 5.43 Å². The van der Waals surface area contributed by atoms with Gasteiger partial charge in [-0.1, -0.05) is 54.6 Å². The van der Waals surface area contributed by atoms with Crippen molar-refractivity contribution in [2.24, 2.45) is 0 Å². The van der Waals surface area contributed by atoms with Gasteiger partial charge < -0.3 is 10.1 Å². The van der Waals surface area contributed by atoms with Gasteiger partial charge >= 0.3 is 5.97 Å². The van der Waals surface area contributed by atoms with Gasteiger partial charge in [-0.2, -0.15) is 0 Å². The molecule has 4 nitrogen and oxygen atoms in total. The molecule has 0 unspecified atom stereocenters. The summed E-state index contributed by atoms with van der Waals surface area (Å²) in [4.78, 5) is 27.3. The fourth-order valence-corrected chi connectivity index (χ4v) is 3.04. The molecule has 3 aromatic carbocycles. The largest absolute Gasteiger partial charge is 0.478 e. The first-order chi connectivity index (χ1) is 11.6. The van der Waals surface area contributed by atoms with E-state index in [9.17, 15) is 14.7 Å². The molecule has 0 spiro atoms. The first-order valence-corrected chi connectivity index (χ1v) is 7.52. The van der Waals surface area contributed by atoms with Crippen molar-refractivity contribution >= 4 is 27.6 Å². The highest BCUT2D eigenvalue weighted by atomic mass is 16.4. The number of aromatic carboxylic acids is 1. The molecule has 0 fully saturated rings. The molecule has 116 valence electrons. The zero-order valence-electron chi connectivity index (χ0n) is 12.6. The summed E-state index contributed by atoms with van der Waals surface area (Å²) < 4.78 is 0. The summed E-state index contributed by atoms with van der Waals surface area (Å²) in [6.45, 7) is 0. The van der Waals surface area contributed by atoms with E-state index >= 15 is 0 Å². The van der Waals surface area contributed by atoms with Crippen molar-refractivity contribution in [3.63, 3.8) is 0 Å². The third-order valence-corrected chi connectivity index (χ3v) is 4.16. The van der Waals surface area contributed by atoms with Gasteiger partial charge in [0.15, 0.2) is 5.43 Å². The second kappa shape index (κ2) is 5.35. The number of carbonyl (C=O) groups is 1. The van der Waals surface area contributed by atoms with Gasteiger partial charge in [-0.25, -0.2) is 4.79 Å². The van der Waals surface area contributed by atoms with Gasteiger partial charge in [0, 0.05) is 11.1 Å². The van der Waals surface area contributed by atoms with Crippen LogP contribution >= 0.6 is 0 Å². The number of carboxylic acid groups (broad SMARTS) is 1. The maximum atomic E-state index is 12.4. The van der Waals surface area contributed by atoms with E-state index in [0.717, 1.165) is 10.9 Å². The number of aromatic nitrogens is 1. The molecule has 0 bridgehead atoms. The number of fused-ring (bicyclic) bond motifs is 3. The van der Waals surface area contributed by atoms with Crippen molar-refractivity contribution < 1.29 is 9.90 Å². The monoisotopic (exact) mass is 315 g/mol. The number of H-pyrrole nitrogens is 1. The van der Waals surface area contributed by atoms with Gasteiger partial charge in [0.05, 0.1) is 16.5 Å². The molecule has 4 heteroatoms. The van der Waals surface area contributed by atoms with Gasteiger partial charge in [0.2, 0.25) is 0 Å². The average molecular weight is 315 g/mol. The lowest BCUT2D eigenvalue weighted by Gasteiger charge is -2.11. The smallest absolute Gasteiger partial charge is 0.336 e. The Morgan fingerprint density at radius 3 is 2.46 bits per heavy atom. The van der Waals surface area contributed by atoms with Crippen LogP contribution in [0.25, 0.3) is 32.9 Å². The van der Waals surface area contributed by atoms with Crippen LogP contribution in [0.4, 0.5) is 0 Å². The molecule has 0 saturated heterocycles. The molecular weight excluding hydrogens is 302 g/mol. The first kappa shape index (κ1) is 14.2. The summed E-state index contributed by atoms with van der Waals surface area (Å²) in [5.74, 6) is -1.02. The summed E-state index contributed by atoms with van der Waals surface area (Å²) >= 11 is 0. The predicted molar refractivity (Wildman–Crippen MR) is 94.5 cm³/mol. The van der Waals surface area contributed by atoms with Crippen molar-refractivity contribution in [3.8, 4) is 11.3 Å². The van der Waals surface area contributed by atoms with Crippen molar-refractivity contribution in [3.05, 3.63) is 82.5 Å². The van der Waals surface area contributed by atoms with Gasteiger partial charge in [-0.15, -0.1) is 0 Å². The normalized spacial score (nSPS) is 11.0. The maximum Gasteiger partial charge on any atom is 0.336 e. The number of pyridine rings is 1. The van der Waals surface area contributed by atoms with Gasteiger partial charge in [0.1, 0.15) is 0 Å². The highest BCUT2D eigenvalue weighted by molar-refractivity contribution is 6.12. The van der Waals surface area contributed by atoms with Gasteiger partial charge in [-0.05, 0) is 23.1 Å². The van der Waals surface area contributed by atoms with Gasteiger partial charge in [0.25, 0.3) is 0 Å². The fraction of sp³-hybridized carbons (Fsp3) is 0. The molecule has 0 aliphatic heterocycles. The minimum Gasteiger partial charge on any atom is -0.478 e. The molecule has 24 heavy (non-hydrogen) atoms. The molecule has 1 heterocycles. The number of rotatable bonds is 2. The number of hydrogen-bond acceptors (Lipinski definition) is 2. The minimum absolute atomic E-state index is 0.129. The molecule has 0 aliphatic carbocycles. The van der Waals surface area contributed by atoms with E-state index in [0.29, 0.717) is 22.0 Å². The first-order valence-electron chi connectivity index (χ1n) is 7.52. The summed E-state index contributed by atoms with van der Waals surface area (Å²) in [6.07, 6.45) is 0. The van der Waals surface area contributed by atoms with Gasteiger partial charge in [-0.3, -0.25) is 4.79 Å². The number of carboxylic acids is 1. The fourth-order valence-electron chi connectivity index (χ4n) is 3.04. The van der Waals surface area contributed by atoms with Crippen molar-refractivity contribution in [2.45, 2.75) is 0 Å². The predicted octanol–water partition coefficient (Wildman–Crippen LogP) is 4.05. The SMILES string of the molecule is O=C(O)c1cc(-c2ccccc2)[nH]c2c1ccc1cccc(=O)c12. The standard InChI is InChI=1S/C20H13NO3/c22-17-8-4-7-13-9-10-14-15(20(23)24)11-16(21-19(14)18(13)17)12-5-2-1-3-6-12/h1-11,21H,(H,23,24). The van der Waals surface area contributed by atoms with Crippen LogP contribution in [0.5, 0.6) is 0 Å². The Balaban J connectivity index is 2.20.